The highest BCUT2D eigenvalue weighted by Gasteiger charge is 2.29. The van der Waals surface area contributed by atoms with Crippen LogP contribution in [0.25, 0.3) is 10.9 Å². The SMILES string of the molecule is CCOC(=O)c1c(NC(=O)[C@@H](C)Sc2c[nH]c3ccccc23)sc2c1CCC2. The lowest BCUT2D eigenvalue weighted by atomic mass is 10.1. The van der Waals surface area contributed by atoms with Gasteiger partial charge in [-0.15, -0.1) is 23.1 Å². The number of carbonyl (C=O) groups is 2. The highest BCUT2D eigenvalue weighted by molar-refractivity contribution is 8.00. The minimum absolute atomic E-state index is 0.110. The molecule has 28 heavy (non-hydrogen) atoms. The normalized spacial score (nSPS) is 14.1. The van der Waals surface area contributed by atoms with Crippen molar-refractivity contribution in [1.29, 1.82) is 0 Å². The predicted molar refractivity (Wildman–Crippen MR) is 115 cm³/mol. The van der Waals surface area contributed by atoms with Crippen LogP contribution in [0.5, 0.6) is 0 Å². The molecule has 3 aromatic rings. The molecular weight excluding hydrogens is 392 g/mol. The van der Waals surface area contributed by atoms with E-state index in [9.17, 15) is 9.59 Å². The fraction of sp³-hybridized carbons (Fsp3) is 0.333. The lowest BCUT2D eigenvalue weighted by Gasteiger charge is -2.12. The number of ether oxygens (including phenoxy) is 1. The molecule has 0 radical (unpaired) electrons. The third-order valence-corrected chi connectivity index (χ3v) is 7.23. The van der Waals surface area contributed by atoms with E-state index in [-0.39, 0.29) is 17.1 Å². The van der Waals surface area contributed by atoms with Crippen molar-refractivity contribution in [3.63, 3.8) is 0 Å². The lowest BCUT2D eigenvalue weighted by molar-refractivity contribution is -0.115. The molecule has 0 unspecified atom stereocenters. The van der Waals surface area contributed by atoms with Crippen molar-refractivity contribution in [2.24, 2.45) is 0 Å². The Labute approximate surface area is 171 Å². The van der Waals surface area contributed by atoms with Crippen molar-refractivity contribution in [3.05, 3.63) is 46.5 Å². The molecule has 2 N–H and O–H groups in total. The van der Waals surface area contributed by atoms with Crippen LogP contribution >= 0.6 is 23.1 Å². The average Bonchev–Trinajstić information content (AvgIpc) is 3.36. The molecule has 0 saturated heterocycles. The van der Waals surface area contributed by atoms with Gasteiger partial charge in [0.25, 0.3) is 0 Å². The van der Waals surface area contributed by atoms with E-state index >= 15 is 0 Å². The maximum Gasteiger partial charge on any atom is 0.341 e. The van der Waals surface area contributed by atoms with Gasteiger partial charge in [0.1, 0.15) is 5.00 Å². The number of para-hydroxylation sites is 1. The minimum atomic E-state index is -0.339. The van der Waals surface area contributed by atoms with Gasteiger partial charge in [0, 0.05) is 26.9 Å². The quantitative estimate of drug-likeness (QED) is 0.439. The van der Waals surface area contributed by atoms with E-state index in [0.29, 0.717) is 17.2 Å². The Hall–Kier alpha value is -2.25. The number of thioether (sulfide) groups is 1. The Bertz CT molecular complexity index is 1040. The number of aromatic amines is 1. The van der Waals surface area contributed by atoms with Gasteiger partial charge in [0.05, 0.1) is 17.4 Å². The van der Waals surface area contributed by atoms with Crippen molar-refractivity contribution in [3.8, 4) is 0 Å². The Kier molecular flexibility index (Phi) is 5.46. The second-order valence-electron chi connectivity index (χ2n) is 6.73. The zero-order valence-corrected chi connectivity index (χ0v) is 17.5. The first-order valence-corrected chi connectivity index (χ1v) is 11.1. The first-order valence-electron chi connectivity index (χ1n) is 9.43. The summed E-state index contributed by atoms with van der Waals surface area (Å²) >= 11 is 3.02. The average molecular weight is 415 g/mol. The van der Waals surface area contributed by atoms with Gasteiger partial charge in [-0.1, -0.05) is 18.2 Å². The highest BCUT2D eigenvalue weighted by atomic mass is 32.2. The van der Waals surface area contributed by atoms with Gasteiger partial charge in [-0.3, -0.25) is 4.79 Å². The van der Waals surface area contributed by atoms with E-state index in [0.717, 1.165) is 40.6 Å². The summed E-state index contributed by atoms with van der Waals surface area (Å²) in [6, 6.07) is 8.03. The van der Waals surface area contributed by atoms with Crippen LogP contribution < -0.4 is 5.32 Å². The molecule has 1 aromatic carbocycles. The number of H-pyrrole nitrogens is 1. The van der Waals surface area contributed by atoms with Gasteiger partial charge in [-0.25, -0.2) is 4.79 Å². The third-order valence-electron chi connectivity index (χ3n) is 4.86. The number of aryl methyl sites for hydroxylation is 1. The van der Waals surface area contributed by atoms with Crippen LogP contribution in [-0.2, 0) is 22.4 Å². The summed E-state index contributed by atoms with van der Waals surface area (Å²) in [5, 5.41) is 4.42. The number of thiophene rings is 1. The Morgan fingerprint density at radius 3 is 2.96 bits per heavy atom. The highest BCUT2D eigenvalue weighted by Crippen LogP contribution is 2.40. The van der Waals surface area contributed by atoms with E-state index < -0.39 is 0 Å². The summed E-state index contributed by atoms with van der Waals surface area (Å²) in [6.45, 7) is 4.00. The van der Waals surface area contributed by atoms with E-state index in [1.807, 2.05) is 37.4 Å². The summed E-state index contributed by atoms with van der Waals surface area (Å²) in [5.41, 5.74) is 2.66. The monoisotopic (exact) mass is 414 g/mol. The molecule has 0 spiro atoms. The number of hydrogen-bond donors (Lipinski definition) is 2. The van der Waals surface area contributed by atoms with Gasteiger partial charge in [0.15, 0.2) is 0 Å². The summed E-state index contributed by atoms with van der Waals surface area (Å²) in [6.07, 6.45) is 4.81. The van der Waals surface area contributed by atoms with Gasteiger partial charge >= 0.3 is 5.97 Å². The van der Waals surface area contributed by atoms with Crippen LogP contribution in [0, 0.1) is 0 Å². The van der Waals surface area contributed by atoms with Crippen LogP contribution in [-0.4, -0.2) is 28.7 Å². The molecule has 0 fully saturated rings. The molecular formula is C21H22N2O3S2. The third kappa shape index (κ3) is 3.56. The number of anilines is 1. The predicted octanol–water partition coefficient (Wildman–Crippen LogP) is 5.01. The number of esters is 1. The summed E-state index contributed by atoms with van der Waals surface area (Å²) in [5.74, 6) is -0.449. The number of rotatable bonds is 6. The van der Waals surface area contributed by atoms with Crippen molar-refractivity contribution in [1.82, 2.24) is 4.98 Å². The molecule has 0 aliphatic heterocycles. The summed E-state index contributed by atoms with van der Waals surface area (Å²) in [4.78, 5) is 30.8. The molecule has 5 nitrogen and oxygen atoms in total. The first-order chi connectivity index (χ1) is 13.6. The van der Waals surface area contributed by atoms with E-state index in [4.69, 9.17) is 4.74 Å². The molecule has 1 atom stereocenters. The summed E-state index contributed by atoms with van der Waals surface area (Å²) in [7, 11) is 0. The van der Waals surface area contributed by atoms with Crippen molar-refractivity contribution >= 4 is 50.9 Å². The van der Waals surface area contributed by atoms with Crippen molar-refractivity contribution in [2.75, 3.05) is 11.9 Å². The van der Waals surface area contributed by atoms with Gasteiger partial charge in [0.2, 0.25) is 5.91 Å². The van der Waals surface area contributed by atoms with Crippen molar-refractivity contribution in [2.45, 2.75) is 43.3 Å². The minimum Gasteiger partial charge on any atom is -0.462 e. The molecule has 4 rings (SSSR count). The molecule has 0 saturated carbocycles. The molecule has 2 heterocycles. The van der Waals surface area contributed by atoms with Crippen LogP contribution in [0.1, 0.15) is 41.1 Å². The number of fused-ring (bicyclic) bond motifs is 2. The first kappa shape index (κ1) is 19.1. The van der Waals surface area contributed by atoms with Crippen molar-refractivity contribution < 1.29 is 14.3 Å². The van der Waals surface area contributed by atoms with E-state index in [1.54, 1.807) is 6.92 Å². The van der Waals surface area contributed by atoms with E-state index in [1.165, 1.54) is 28.0 Å². The molecule has 0 bridgehead atoms. The topological polar surface area (TPSA) is 71.2 Å². The number of carbonyl (C=O) groups excluding carboxylic acids is 2. The summed E-state index contributed by atoms with van der Waals surface area (Å²) < 4.78 is 5.23. The Morgan fingerprint density at radius 1 is 1.32 bits per heavy atom. The number of nitrogens with one attached hydrogen (secondary N) is 2. The fourth-order valence-electron chi connectivity index (χ4n) is 3.51. The Morgan fingerprint density at radius 2 is 2.14 bits per heavy atom. The molecule has 146 valence electrons. The molecule has 1 aliphatic carbocycles. The molecule has 1 aliphatic rings. The zero-order chi connectivity index (χ0) is 19.7. The molecule has 7 heteroatoms. The lowest BCUT2D eigenvalue weighted by Crippen LogP contribution is -2.23. The van der Waals surface area contributed by atoms with Crippen LogP contribution in [0.15, 0.2) is 35.4 Å². The Balaban J connectivity index is 1.52. The maximum atomic E-state index is 12.8. The van der Waals surface area contributed by atoms with Crippen LogP contribution in [0.2, 0.25) is 0 Å². The zero-order valence-electron chi connectivity index (χ0n) is 15.8. The number of amides is 1. The number of aromatic nitrogens is 1. The largest absolute Gasteiger partial charge is 0.462 e. The fourth-order valence-corrected chi connectivity index (χ4v) is 5.77. The second-order valence-corrected chi connectivity index (χ2v) is 9.22. The van der Waals surface area contributed by atoms with Crippen LogP contribution in [0.4, 0.5) is 5.00 Å². The maximum absolute atomic E-state index is 12.8. The van der Waals surface area contributed by atoms with E-state index in [2.05, 4.69) is 10.3 Å². The molecule has 1 amide bonds. The van der Waals surface area contributed by atoms with Gasteiger partial charge < -0.3 is 15.0 Å². The number of hydrogen-bond acceptors (Lipinski definition) is 5. The van der Waals surface area contributed by atoms with Crippen LogP contribution in [0.3, 0.4) is 0 Å². The second kappa shape index (κ2) is 8.01. The van der Waals surface area contributed by atoms with Gasteiger partial charge in [-0.2, -0.15) is 0 Å². The smallest absolute Gasteiger partial charge is 0.341 e. The standard InChI is InChI=1S/C21H22N2O3S2/c1-3-26-21(25)18-14-8-6-10-16(14)28-20(18)23-19(24)12(2)27-17-11-22-15-9-5-4-7-13(15)17/h4-5,7,9,11-12,22H,3,6,8,10H2,1-2H3,(H,23,24)/t12-/m1/s1. The molecule has 2 aromatic heterocycles. The van der Waals surface area contributed by atoms with Gasteiger partial charge in [-0.05, 0) is 44.7 Å². The number of benzene rings is 1.